The SMILES string of the molecule is CCCNC(c1ccccc1Cl)c1ccc(C)nc1C. The molecule has 0 amide bonds. The highest BCUT2D eigenvalue weighted by Crippen LogP contribution is 2.29. The van der Waals surface area contributed by atoms with Crippen molar-refractivity contribution in [2.75, 3.05) is 6.54 Å². The van der Waals surface area contributed by atoms with Crippen LogP contribution < -0.4 is 5.32 Å². The molecule has 2 rings (SSSR count). The van der Waals surface area contributed by atoms with Crippen LogP contribution in [0.4, 0.5) is 0 Å². The van der Waals surface area contributed by atoms with Crippen LogP contribution in [0.3, 0.4) is 0 Å². The van der Waals surface area contributed by atoms with E-state index < -0.39 is 0 Å². The standard InChI is InChI=1S/C17H21ClN2/c1-4-11-19-17(15-7-5-6-8-16(15)18)14-10-9-12(2)20-13(14)3/h5-10,17,19H,4,11H2,1-3H3. The Hall–Kier alpha value is -1.38. The minimum absolute atomic E-state index is 0.0942. The fraction of sp³-hybridized carbons (Fsp3) is 0.353. The monoisotopic (exact) mass is 288 g/mol. The fourth-order valence-corrected chi connectivity index (χ4v) is 2.63. The van der Waals surface area contributed by atoms with Gasteiger partial charge in [-0.1, -0.05) is 42.8 Å². The Bertz CT molecular complexity index is 581. The minimum atomic E-state index is 0.0942. The number of rotatable bonds is 5. The summed E-state index contributed by atoms with van der Waals surface area (Å²) in [4.78, 5) is 4.57. The van der Waals surface area contributed by atoms with Crippen LogP contribution in [0.5, 0.6) is 0 Å². The van der Waals surface area contributed by atoms with Crippen LogP contribution in [0.15, 0.2) is 36.4 Å². The quantitative estimate of drug-likeness (QED) is 0.880. The van der Waals surface area contributed by atoms with Crippen LogP contribution in [-0.2, 0) is 0 Å². The lowest BCUT2D eigenvalue weighted by molar-refractivity contribution is 0.594. The smallest absolute Gasteiger partial charge is 0.0609 e. The molecule has 2 nitrogen and oxygen atoms in total. The number of nitrogens with zero attached hydrogens (tertiary/aromatic N) is 1. The van der Waals surface area contributed by atoms with Crippen LogP contribution in [0.1, 0.15) is 41.9 Å². The summed E-state index contributed by atoms with van der Waals surface area (Å²) in [6.45, 7) is 7.18. The first-order valence-electron chi connectivity index (χ1n) is 7.05. The number of halogens is 1. The molecule has 106 valence electrons. The van der Waals surface area contributed by atoms with Crippen LogP contribution in [0.25, 0.3) is 0 Å². The molecule has 1 aromatic carbocycles. The second-order valence-corrected chi connectivity index (χ2v) is 5.44. The summed E-state index contributed by atoms with van der Waals surface area (Å²) in [6.07, 6.45) is 1.08. The lowest BCUT2D eigenvalue weighted by Gasteiger charge is -2.22. The predicted octanol–water partition coefficient (Wildman–Crippen LogP) is 4.44. The third-order valence-corrected chi connectivity index (χ3v) is 3.74. The van der Waals surface area contributed by atoms with Gasteiger partial charge < -0.3 is 5.32 Å². The number of nitrogens with one attached hydrogen (secondary N) is 1. The van der Waals surface area contributed by atoms with Crippen molar-refractivity contribution in [2.24, 2.45) is 0 Å². The van der Waals surface area contributed by atoms with Gasteiger partial charge in [0.05, 0.1) is 6.04 Å². The molecule has 3 heteroatoms. The third-order valence-electron chi connectivity index (χ3n) is 3.39. The number of aryl methyl sites for hydroxylation is 2. The van der Waals surface area contributed by atoms with E-state index in [4.69, 9.17) is 11.6 Å². The highest BCUT2D eigenvalue weighted by molar-refractivity contribution is 6.31. The largest absolute Gasteiger partial charge is 0.306 e. The topological polar surface area (TPSA) is 24.9 Å². The molecule has 0 fully saturated rings. The molecule has 20 heavy (non-hydrogen) atoms. The molecule has 2 aromatic rings. The Balaban J connectivity index is 2.44. The van der Waals surface area contributed by atoms with Gasteiger partial charge in [-0.2, -0.15) is 0 Å². The van der Waals surface area contributed by atoms with E-state index in [0.29, 0.717) is 0 Å². The maximum atomic E-state index is 6.37. The van der Waals surface area contributed by atoms with Crippen molar-refractivity contribution in [3.05, 3.63) is 63.9 Å². The number of pyridine rings is 1. The Kier molecular flexibility index (Phi) is 5.16. The maximum absolute atomic E-state index is 6.37. The van der Waals surface area contributed by atoms with E-state index in [-0.39, 0.29) is 6.04 Å². The summed E-state index contributed by atoms with van der Waals surface area (Å²) >= 11 is 6.37. The molecule has 0 radical (unpaired) electrons. The molecule has 0 saturated carbocycles. The van der Waals surface area contributed by atoms with E-state index in [1.54, 1.807) is 0 Å². The molecular formula is C17H21ClN2. The van der Waals surface area contributed by atoms with Gasteiger partial charge in [-0.05, 0) is 50.1 Å². The summed E-state index contributed by atoms with van der Waals surface area (Å²) < 4.78 is 0. The normalized spacial score (nSPS) is 12.4. The van der Waals surface area contributed by atoms with Gasteiger partial charge in [0, 0.05) is 16.4 Å². The van der Waals surface area contributed by atoms with E-state index >= 15 is 0 Å². The maximum Gasteiger partial charge on any atom is 0.0609 e. The van der Waals surface area contributed by atoms with E-state index in [9.17, 15) is 0 Å². The van der Waals surface area contributed by atoms with Crippen molar-refractivity contribution in [3.8, 4) is 0 Å². The van der Waals surface area contributed by atoms with E-state index in [1.807, 2.05) is 25.1 Å². The van der Waals surface area contributed by atoms with Crippen molar-refractivity contribution in [2.45, 2.75) is 33.2 Å². The summed E-state index contributed by atoms with van der Waals surface area (Å²) in [5.74, 6) is 0. The van der Waals surface area contributed by atoms with Crippen LogP contribution in [0, 0.1) is 13.8 Å². The lowest BCUT2D eigenvalue weighted by atomic mass is 9.97. The van der Waals surface area contributed by atoms with Gasteiger partial charge in [-0.15, -0.1) is 0 Å². The predicted molar refractivity (Wildman–Crippen MR) is 85.3 cm³/mol. The molecule has 0 aliphatic carbocycles. The van der Waals surface area contributed by atoms with Gasteiger partial charge in [0.2, 0.25) is 0 Å². The highest BCUT2D eigenvalue weighted by Gasteiger charge is 2.18. The second-order valence-electron chi connectivity index (χ2n) is 5.04. The molecule has 1 atom stereocenters. The van der Waals surface area contributed by atoms with Crippen LogP contribution in [-0.4, -0.2) is 11.5 Å². The van der Waals surface area contributed by atoms with Gasteiger partial charge in [0.1, 0.15) is 0 Å². The molecular weight excluding hydrogens is 268 g/mol. The van der Waals surface area contributed by atoms with Crippen molar-refractivity contribution in [3.63, 3.8) is 0 Å². The van der Waals surface area contributed by atoms with E-state index in [2.05, 4.69) is 42.3 Å². The summed E-state index contributed by atoms with van der Waals surface area (Å²) in [6, 6.07) is 12.3. The van der Waals surface area contributed by atoms with Gasteiger partial charge in [0.25, 0.3) is 0 Å². The first-order chi connectivity index (χ1) is 9.63. The van der Waals surface area contributed by atoms with E-state index in [1.165, 1.54) is 5.56 Å². The Morgan fingerprint density at radius 3 is 2.50 bits per heavy atom. The zero-order valence-electron chi connectivity index (χ0n) is 12.3. The van der Waals surface area contributed by atoms with Crippen LogP contribution in [0.2, 0.25) is 5.02 Å². The van der Waals surface area contributed by atoms with Crippen molar-refractivity contribution in [1.29, 1.82) is 0 Å². The zero-order valence-corrected chi connectivity index (χ0v) is 13.0. The average molecular weight is 289 g/mol. The Labute approximate surface area is 126 Å². The number of hydrogen-bond acceptors (Lipinski definition) is 2. The highest BCUT2D eigenvalue weighted by atomic mass is 35.5. The van der Waals surface area contributed by atoms with Crippen molar-refractivity contribution in [1.82, 2.24) is 10.3 Å². The number of benzene rings is 1. The number of hydrogen-bond donors (Lipinski definition) is 1. The van der Waals surface area contributed by atoms with Crippen molar-refractivity contribution >= 4 is 11.6 Å². The van der Waals surface area contributed by atoms with Crippen LogP contribution >= 0.6 is 11.6 Å². The number of aromatic nitrogens is 1. The summed E-state index contributed by atoms with van der Waals surface area (Å²) in [5, 5.41) is 4.37. The van der Waals surface area contributed by atoms with Gasteiger partial charge in [-0.3, -0.25) is 4.98 Å². The first kappa shape index (κ1) is 15.0. The molecule has 1 aromatic heterocycles. The molecule has 0 saturated heterocycles. The molecule has 0 aliphatic rings. The summed E-state index contributed by atoms with van der Waals surface area (Å²) in [5.41, 5.74) is 4.40. The van der Waals surface area contributed by atoms with E-state index in [0.717, 1.165) is 34.9 Å². The minimum Gasteiger partial charge on any atom is -0.306 e. The Morgan fingerprint density at radius 2 is 1.85 bits per heavy atom. The zero-order chi connectivity index (χ0) is 14.5. The third kappa shape index (κ3) is 3.38. The van der Waals surface area contributed by atoms with Gasteiger partial charge in [0.15, 0.2) is 0 Å². The average Bonchev–Trinajstić information content (AvgIpc) is 2.42. The van der Waals surface area contributed by atoms with Gasteiger partial charge in [-0.25, -0.2) is 0 Å². The Morgan fingerprint density at radius 1 is 1.10 bits per heavy atom. The molecule has 0 spiro atoms. The van der Waals surface area contributed by atoms with Crippen molar-refractivity contribution < 1.29 is 0 Å². The molecule has 1 heterocycles. The molecule has 0 aliphatic heterocycles. The fourth-order valence-electron chi connectivity index (χ4n) is 2.39. The first-order valence-corrected chi connectivity index (χ1v) is 7.43. The molecule has 1 unspecified atom stereocenters. The molecule has 0 bridgehead atoms. The lowest BCUT2D eigenvalue weighted by Crippen LogP contribution is -2.24. The second kappa shape index (κ2) is 6.87. The molecule has 1 N–H and O–H groups in total. The van der Waals surface area contributed by atoms with Gasteiger partial charge >= 0.3 is 0 Å². The summed E-state index contributed by atoms with van der Waals surface area (Å²) in [7, 11) is 0.